The van der Waals surface area contributed by atoms with E-state index in [2.05, 4.69) is 16.2 Å². The molecule has 0 amide bonds. The summed E-state index contributed by atoms with van der Waals surface area (Å²) in [6, 6.07) is 15.6. The van der Waals surface area contributed by atoms with E-state index in [1.165, 1.54) is 52.0 Å². The molecular weight excluding hydrogens is 444 g/mol. The first-order valence-corrected chi connectivity index (χ1v) is 9.98. The lowest BCUT2D eigenvalue weighted by Crippen LogP contribution is -2.26. The number of nitrogens with one attached hydrogen (secondary N) is 1. The van der Waals surface area contributed by atoms with E-state index in [1.54, 1.807) is 6.92 Å². The van der Waals surface area contributed by atoms with E-state index in [-0.39, 0.29) is 29.1 Å². The van der Waals surface area contributed by atoms with E-state index in [1.807, 2.05) is 24.3 Å². The van der Waals surface area contributed by atoms with Gasteiger partial charge in [0.25, 0.3) is 5.69 Å². The summed E-state index contributed by atoms with van der Waals surface area (Å²) in [6.45, 7) is 1.75. The highest BCUT2D eigenvalue weighted by molar-refractivity contribution is 8.01. The maximum Gasteiger partial charge on any atom is 0.269 e. The molecule has 2 aromatic heterocycles. The van der Waals surface area contributed by atoms with Crippen LogP contribution in [0.3, 0.4) is 0 Å². The van der Waals surface area contributed by atoms with Crippen molar-refractivity contribution in [2.75, 3.05) is 0 Å². The Morgan fingerprint density at radius 3 is 2.57 bits per heavy atom. The molecule has 0 spiro atoms. The maximum absolute atomic E-state index is 10.9. The third-order valence-electron chi connectivity index (χ3n) is 4.21. The van der Waals surface area contributed by atoms with E-state index < -0.39 is 4.92 Å². The minimum Gasteiger partial charge on any atom is -0.282 e. The summed E-state index contributed by atoms with van der Waals surface area (Å²) in [5, 5.41) is 33.9. The third-order valence-corrected chi connectivity index (χ3v) is 6.39. The molecule has 8 nitrogen and oxygen atoms in total. The standard InChI is InChI=1S/C19H12N6O2S2.ClH/c1-11-14(10-20)17(21)24(12-6-8-13(9-7-12)25(26)27)23-18(11)29-19-22-15-4-2-3-5-16(15)28-19;/h2-9,21H,1H3;1H. The number of hydrogen-bond acceptors (Lipinski definition) is 8. The van der Waals surface area contributed by atoms with E-state index in [9.17, 15) is 15.4 Å². The SMILES string of the molecule is Cc1c(Sc2nc3ccccc3s2)nn(-c2ccc([N+](=O)[O-])cc2)c(=N)c1C#N.Cl. The number of halogens is 1. The van der Waals surface area contributed by atoms with E-state index >= 15 is 0 Å². The fourth-order valence-corrected chi connectivity index (χ4v) is 4.78. The largest absolute Gasteiger partial charge is 0.282 e. The van der Waals surface area contributed by atoms with Crippen molar-refractivity contribution in [1.29, 1.82) is 10.7 Å². The Bertz CT molecular complexity index is 1330. The monoisotopic (exact) mass is 456 g/mol. The zero-order valence-corrected chi connectivity index (χ0v) is 17.8. The molecule has 0 saturated heterocycles. The molecule has 4 rings (SSSR count). The topological polar surface area (TPSA) is 121 Å². The Kier molecular flexibility index (Phi) is 6.17. The molecule has 0 fully saturated rings. The van der Waals surface area contributed by atoms with Crippen LogP contribution in [0.25, 0.3) is 15.9 Å². The van der Waals surface area contributed by atoms with Gasteiger partial charge in [-0.15, -0.1) is 23.7 Å². The number of benzene rings is 2. The van der Waals surface area contributed by atoms with Crippen molar-refractivity contribution < 1.29 is 4.92 Å². The number of nitro groups is 1. The van der Waals surface area contributed by atoms with Gasteiger partial charge in [0, 0.05) is 17.7 Å². The number of non-ortho nitro benzene ring substituents is 1. The molecule has 150 valence electrons. The number of hydrogen-bond donors (Lipinski definition) is 1. The maximum atomic E-state index is 10.9. The molecule has 0 atom stereocenters. The molecule has 0 radical (unpaired) electrons. The molecular formula is C19H13ClN6O2S2. The Hall–Kier alpha value is -3.26. The van der Waals surface area contributed by atoms with Crippen LogP contribution < -0.4 is 5.49 Å². The lowest BCUT2D eigenvalue weighted by atomic mass is 10.2. The van der Waals surface area contributed by atoms with Crippen LogP contribution in [0, 0.1) is 33.8 Å². The summed E-state index contributed by atoms with van der Waals surface area (Å²) < 4.78 is 3.14. The highest BCUT2D eigenvalue weighted by Gasteiger charge is 2.16. The summed E-state index contributed by atoms with van der Waals surface area (Å²) in [6.07, 6.45) is 0. The molecule has 11 heteroatoms. The van der Waals surface area contributed by atoms with Gasteiger partial charge < -0.3 is 0 Å². The quantitative estimate of drug-likeness (QED) is 0.353. The Morgan fingerprint density at radius 2 is 1.93 bits per heavy atom. The van der Waals surface area contributed by atoms with Crippen LogP contribution in [0.1, 0.15) is 11.1 Å². The van der Waals surface area contributed by atoms with Crippen LogP contribution >= 0.6 is 35.5 Å². The van der Waals surface area contributed by atoms with Crippen molar-refractivity contribution in [2.45, 2.75) is 16.3 Å². The average Bonchev–Trinajstić information content (AvgIpc) is 3.13. The normalized spacial score (nSPS) is 10.4. The molecule has 2 heterocycles. The van der Waals surface area contributed by atoms with Crippen molar-refractivity contribution in [1.82, 2.24) is 14.8 Å². The molecule has 0 aliphatic rings. The lowest BCUT2D eigenvalue weighted by Gasteiger charge is -2.11. The number of thiazole rings is 1. The van der Waals surface area contributed by atoms with Gasteiger partial charge in [0.2, 0.25) is 0 Å². The minimum atomic E-state index is -0.492. The van der Waals surface area contributed by atoms with Crippen LogP contribution in [0.5, 0.6) is 0 Å². The molecule has 0 unspecified atom stereocenters. The van der Waals surface area contributed by atoms with Crippen molar-refractivity contribution in [2.24, 2.45) is 0 Å². The van der Waals surface area contributed by atoms with E-state index in [0.29, 0.717) is 16.3 Å². The Morgan fingerprint density at radius 1 is 1.23 bits per heavy atom. The van der Waals surface area contributed by atoms with Crippen molar-refractivity contribution in [3.63, 3.8) is 0 Å². The van der Waals surface area contributed by atoms with Crippen molar-refractivity contribution in [3.05, 3.63) is 75.3 Å². The lowest BCUT2D eigenvalue weighted by molar-refractivity contribution is -0.384. The van der Waals surface area contributed by atoms with Gasteiger partial charge in [-0.25, -0.2) is 9.67 Å². The number of nitrogens with zero attached hydrogens (tertiary/aromatic N) is 5. The second kappa shape index (κ2) is 8.62. The fourth-order valence-electron chi connectivity index (χ4n) is 2.72. The fraction of sp³-hybridized carbons (Fsp3) is 0.0526. The summed E-state index contributed by atoms with van der Waals surface area (Å²) in [5.74, 6) is 0. The van der Waals surface area contributed by atoms with Gasteiger partial charge in [0.05, 0.1) is 20.8 Å². The highest BCUT2D eigenvalue weighted by atomic mass is 35.5. The molecule has 0 bridgehead atoms. The van der Waals surface area contributed by atoms with Gasteiger partial charge in [-0.3, -0.25) is 15.5 Å². The average molecular weight is 457 g/mol. The van der Waals surface area contributed by atoms with Gasteiger partial charge in [-0.2, -0.15) is 10.4 Å². The second-order valence-electron chi connectivity index (χ2n) is 6.00. The predicted octanol–water partition coefficient (Wildman–Crippen LogP) is 4.62. The van der Waals surface area contributed by atoms with Crippen LogP contribution in [0.15, 0.2) is 57.9 Å². The number of para-hydroxylation sites is 1. The summed E-state index contributed by atoms with van der Waals surface area (Å²) in [5.41, 5.74) is 2.01. The zero-order chi connectivity index (χ0) is 20.5. The summed E-state index contributed by atoms with van der Waals surface area (Å²) in [4.78, 5) is 15.0. The van der Waals surface area contributed by atoms with Crippen LogP contribution in [-0.2, 0) is 0 Å². The zero-order valence-electron chi connectivity index (χ0n) is 15.4. The van der Waals surface area contributed by atoms with Crippen LogP contribution in [0.4, 0.5) is 5.69 Å². The Labute approximate surface area is 184 Å². The first-order chi connectivity index (χ1) is 14.0. The summed E-state index contributed by atoms with van der Waals surface area (Å²) >= 11 is 2.85. The van der Waals surface area contributed by atoms with Gasteiger partial charge >= 0.3 is 0 Å². The smallest absolute Gasteiger partial charge is 0.269 e. The number of nitro benzene ring substituents is 1. The number of rotatable bonds is 4. The Balaban J connectivity index is 0.00000256. The molecule has 0 saturated carbocycles. The van der Waals surface area contributed by atoms with Crippen molar-refractivity contribution in [3.8, 4) is 11.8 Å². The minimum absolute atomic E-state index is 0. The first-order valence-electron chi connectivity index (χ1n) is 8.35. The molecule has 1 N–H and O–H groups in total. The van der Waals surface area contributed by atoms with Gasteiger partial charge in [-0.05, 0) is 43.0 Å². The molecule has 0 aliphatic carbocycles. The van der Waals surface area contributed by atoms with Gasteiger partial charge in [0.1, 0.15) is 16.7 Å². The molecule has 0 aliphatic heterocycles. The predicted molar refractivity (Wildman–Crippen MR) is 117 cm³/mol. The third kappa shape index (κ3) is 3.91. The number of nitriles is 1. The van der Waals surface area contributed by atoms with Gasteiger partial charge in [0.15, 0.2) is 9.83 Å². The van der Waals surface area contributed by atoms with Crippen LogP contribution in [-0.4, -0.2) is 19.7 Å². The first kappa shape index (κ1) is 21.4. The highest BCUT2D eigenvalue weighted by Crippen LogP contribution is 2.35. The van der Waals surface area contributed by atoms with E-state index in [4.69, 9.17) is 5.41 Å². The molecule has 2 aromatic carbocycles. The molecule has 30 heavy (non-hydrogen) atoms. The van der Waals surface area contributed by atoms with Crippen LogP contribution in [0.2, 0.25) is 0 Å². The summed E-state index contributed by atoms with van der Waals surface area (Å²) in [7, 11) is 0. The number of aromatic nitrogens is 3. The van der Waals surface area contributed by atoms with Gasteiger partial charge in [-0.1, -0.05) is 12.1 Å². The molecule has 4 aromatic rings. The van der Waals surface area contributed by atoms with Crippen molar-refractivity contribution >= 4 is 51.4 Å². The van der Waals surface area contributed by atoms with E-state index in [0.717, 1.165) is 14.6 Å². The second-order valence-corrected chi connectivity index (χ2v) is 8.27. The number of fused-ring (bicyclic) bond motifs is 1.